The van der Waals surface area contributed by atoms with Crippen LogP contribution in [0.25, 0.3) is 5.57 Å². The highest BCUT2D eigenvalue weighted by molar-refractivity contribution is 6.46. The summed E-state index contributed by atoms with van der Waals surface area (Å²) in [7, 11) is 0. The first kappa shape index (κ1) is 20.5. The molecule has 0 saturated heterocycles. The van der Waals surface area contributed by atoms with Gasteiger partial charge in [-0.05, 0) is 74.2 Å². The Hall–Kier alpha value is -3.73. The number of carbonyl (C=O) groups is 2. The van der Waals surface area contributed by atoms with Gasteiger partial charge in [-0.15, -0.1) is 0 Å². The monoisotopic (exact) mass is 414 g/mol. The second-order valence-corrected chi connectivity index (χ2v) is 7.94. The van der Waals surface area contributed by atoms with Crippen molar-refractivity contribution < 1.29 is 14.0 Å². The van der Waals surface area contributed by atoms with Gasteiger partial charge in [-0.2, -0.15) is 0 Å². The third kappa shape index (κ3) is 3.75. The second kappa shape index (κ2) is 7.84. The number of nitrogens with zero attached hydrogens (tertiary/aromatic N) is 1. The highest BCUT2D eigenvalue weighted by Gasteiger charge is 2.41. The van der Waals surface area contributed by atoms with Crippen LogP contribution in [0.4, 0.5) is 15.8 Å². The number of benzene rings is 3. The average molecular weight is 414 g/mol. The minimum atomic E-state index is -0.460. The van der Waals surface area contributed by atoms with Gasteiger partial charge in [-0.25, -0.2) is 9.29 Å². The number of hydrogen-bond donors (Lipinski definition) is 1. The van der Waals surface area contributed by atoms with Crippen molar-refractivity contribution in [3.63, 3.8) is 0 Å². The van der Waals surface area contributed by atoms with Crippen molar-refractivity contribution in [3.05, 3.63) is 100.0 Å². The van der Waals surface area contributed by atoms with Gasteiger partial charge < -0.3 is 5.32 Å². The molecule has 0 spiro atoms. The van der Waals surface area contributed by atoms with E-state index in [2.05, 4.69) is 5.32 Å². The molecule has 0 aliphatic carbocycles. The maximum Gasteiger partial charge on any atom is 0.282 e. The lowest BCUT2D eigenvalue weighted by molar-refractivity contribution is -0.120. The number of amides is 2. The number of nitrogens with one attached hydrogen (secondary N) is 1. The lowest BCUT2D eigenvalue weighted by atomic mass is 9.97. The van der Waals surface area contributed by atoms with Crippen LogP contribution in [0.3, 0.4) is 0 Å². The number of imide groups is 1. The van der Waals surface area contributed by atoms with E-state index in [-0.39, 0.29) is 11.3 Å². The summed E-state index contributed by atoms with van der Waals surface area (Å²) in [5.74, 6) is -1.29. The van der Waals surface area contributed by atoms with Gasteiger partial charge in [-0.1, -0.05) is 42.0 Å². The van der Waals surface area contributed by atoms with Crippen LogP contribution in [0.5, 0.6) is 0 Å². The summed E-state index contributed by atoms with van der Waals surface area (Å²) in [6, 6.07) is 17.2. The Morgan fingerprint density at radius 2 is 1.48 bits per heavy atom. The molecule has 0 saturated carbocycles. The summed E-state index contributed by atoms with van der Waals surface area (Å²) in [5.41, 5.74) is 5.77. The van der Waals surface area contributed by atoms with E-state index >= 15 is 0 Å². The Kier molecular flexibility index (Phi) is 5.19. The molecule has 3 aromatic rings. The molecule has 31 heavy (non-hydrogen) atoms. The predicted octanol–water partition coefficient (Wildman–Crippen LogP) is 5.46. The molecule has 0 bridgehead atoms. The predicted molar refractivity (Wildman–Crippen MR) is 121 cm³/mol. The molecule has 1 heterocycles. The number of halogens is 1. The molecular weight excluding hydrogens is 391 g/mol. The van der Waals surface area contributed by atoms with E-state index in [1.165, 1.54) is 17.0 Å². The van der Waals surface area contributed by atoms with Crippen molar-refractivity contribution in [2.24, 2.45) is 0 Å². The summed E-state index contributed by atoms with van der Waals surface area (Å²) in [6.07, 6.45) is 0. The molecule has 1 N–H and O–H groups in total. The highest BCUT2D eigenvalue weighted by Crippen LogP contribution is 2.36. The lowest BCUT2D eigenvalue weighted by Crippen LogP contribution is -2.33. The Morgan fingerprint density at radius 1 is 0.774 bits per heavy atom. The van der Waals surface area contributed by atoms with Gasteiger partial charge in [0.15, 0.2) is 0 Å². The summed E-state index contributed by atoms with van der Waals surface area (Å²) in [5, 5.41) is 3.01. The third-order valence-corrected chi connectivity index (χ3v) is 5.43. The van der Waals surface area contributed by atoms with E-state index in [4.69, 9.17) is 0 Å². The van der Waals surface area contributed by atoms with Gasteiger partial charge in [0.1, 0.15) is 11.5 Å². The van der Waals surface area contributed by atoms with Gasteiger partial charge in [-0.3, -0.25) is 9.59 Å². The number of aryl methyl sites for hydroxylation is 4. The quantitative estimate of drug-likeness (QED) is 0.577. The molecule has 5 heteroatoms. The molecule has 4 nitrogen and oxygen atoms in total. The topological polar surface area (TPSA) is 49.4 Å². The van der Waals surface area contributed by atoms with E-state index in [9.17, 15) is 14.0 Å². The third-order valence-electron chi connectivity index (χ3n) is 5.43. The zero-order chi connectivity index (χ0) is 22.3. The fourth-order valence-electron chi connectivity index (χ4n) is 3.88. The maximum absolute atomic E-state index is 13.8. The van der Waals surface area contributed by atoms with Crippen molar-refractivity contribution in [2.45, 2.75) is 27.7 Å². The molecule has 3 aromatic carbocycles. The molecule has 0 aromatic heterocycles. The van der Waals surface area contributed by atoms with Crippen molar-refractivity contribution in [2.75, 3.05) is 10.2 Å². The SMILES string of the molecule is Cc1ccc(C2=C(Nc3cccc(F)c3)C(=O)N(c3cc(C)ccc3C)C2=O)c(C)c1. The lowest BCUT2D eigenvalue weighted by Gasteiger charge is -2.18. The van der Waals surface area contributed by atoms with E-state index in [1.807, 2.05) is 64.1 Å². The molecule has 1 aliphatic rings. The van der Waals surface area contributed by atoms with Crippen molar-refractivity contribution in [1.82, 2.24) is 0 Å². The smallest absolute Gasteiger partial charge is 0.282 e. The Bertz CT molecular complexity index is 1260. The van der Waals surface area contributed by atoms with E-state index < -0.39 is 17.6 Å². The number of carbonyl (C=O) groups excluding carboxylic acids is 2. The fourth-order valence-corrected chi connectivity index (χ4v) is 3.88. The summed E-state index contributed by atoms with van der Waals surface area (Å²) in [4.78, 5) is 28.3. The minimum Gasteiger partial charge on any atom is -0.350 e. The fraction of sp³-hybridized carbons (Fsp3) is 0.154. The summed E-state index contributed by atoms with van der Waals surface area (Å²) in [6.45, 7) is 7.66. The first-order valence-electron chi connectivity index (χ1n) is 10.1. The van der Waals surface area contributed by atoms with Crippen molar-refractivity contribution in [1.29, 1.82) is 0 Å². The van der Waals surface area contributed by atoms with Crippen LogP contribution < -0.4 is 10.2 Å². The Morgan fingerprint density at radius 3 is 2.19 bits per heavy atom. The normalized spacial score (nSPS) is 13.9. The first-order valence-corrected chi connectivity index (χ1v) is 10.1. The number of hydrogen-bond acceptors (Lipinski definition) is 3. The average Bonchev–Trinajstić information content (AvgIpc) is 2.94. The van der Waals surface area contributed by atoms with Crippen LogP contribution in [0.1, 0.15) is 27.8 Å². The molecule has 0 fully saturated rings. The standard InChI is InChI=1S/C26H23FN2O2/c1-15-9-11-21(18(4)12-15)23-24(28-20-7-5-6-19(27)14-20)26(31)29(25(23)30)22-13-16(2)8-10-17(22)3/h5-14,28H,1-4H3. The molecule has 0 unspecified atom stereocenters. The minimum absolute atomic E-state index is 0.142. The Labute approximate surface area is 181 Å². The van der Waals surface area contributed by atoms with Crippen molar-refractivity contribution in [3.8, 4) is 0 Å². The zero-order valence-corrected chi connectivity index (χ0v) is 17.9. The van der Waals surface area contributed by atoms with E-state index in [0.29, 0.717) is 16.9 Å². The van der Waals surface area contributed by atoms with E-state index in [1.54, 1.807) is 12.1 Å². The molecule has 2 amide bonds. The van der Waals surface area contributed by atoms with Gasteiger partial charge >= 0.3 is 0 Å². The van der Waals surface area contributed by atoms with Gasteiger partial charge in [0.25, 0.3) is 11.8 Å². The van der Waals surface area contributed by atoms with Gasteiger partial charge in [0, 0.05) is 5.69 Å². The number of rotatable bonds is 4. The first-order chi connectivity index (χ1) is 14.8. The molecule has 156 valence electrons. The maximum atomic E-state index is 13.8. The van der Waals surface area contributed by atoms with Crippen LogP contribution in [-0.4, -0.2) is 11.8 Å². The van der Waals surface area contributed by atoms with E-state index in [0.717, 1.165) is 22.3 Å². The van der Waals surface area contributed by atoms with Crippen LogP contribution in [-0.2, 0) is 9.59 Å². The Balaban J connectivity index is 1.89. The van der Waals surface area contributed by atoms with Crippen LogP contribution in [0, 0.1) is 33.5 Å². The number of anilines is 2. The van der Waals surface area contributed by atoms with Gasteiger partial charge in [0.2, 0.25) is 0 Å². The molecular formula is C26H23FN2O2. The summed E-state index contributed by atoms with van der Waals surface area (Å²) < 4.78 is 13.8. The van der Waals surface area contributed by atoms with Crippen molar-refractivity contribution >= 4 is 28.8 Å². The molecule has 0 radical (unpaired) electrons. The second-order valence-electron chi connectivity index (χ2n) is 7.94. The summed E-state index contributed by atoms with van der Waals surface area (Å²) >= 11 is 0. The molecule has 1 aliphatic heterocycles. The zero-order valence-electron chi connectivity index (χ0n) is 17.9. The molecule has 0 atom stereocenters. The highest BCUT2D eigenvalue weighted by atomic mass is 19.1. The van der Waals surface area contributed by atoms with Crippen LogP contribution in [0.15, 0.2) is 66.4 Å². The van der Waals surface area contributed by atoms with Gasteiger partial charge in [0.05, 0.1) is 11.3 Å². The van der Waals surface area contributed by atoms with Crippen LogP contribution >= 0.6 is 0 Å². The van der Waals surface area contributed by atoms with Crippen LogP contribution in [0.2, 0.25) is 0 Å². The molecule has 4 rings (SSSR count). The largest absolute Gasteiger partial charge is 0.350 e.